The van der Waals surface area contributed by atoms with Gasteiger partial charge in [-0.1, -0.05) is 58.3 Å². The largest absolute Gasteiger partial charge is 0.451 e. The van der Waals surface area contributed by atoms with Gasteiger partial charge in [-0.2, -0.15) is 0 Å². The molecule has 0 N–H and O–H groups in total. The van der Waals surface area contributed by atoms with Gasteiger partial charge in [-0.3, -0.25) is 4.79 Å². The van der Waals surface area contributed by atoms with Gasteiger partial charge < -0.3 is 4.74 Å². The van der Waals surface area contributed by atoms with Gasteiger partial charge in [0.15, 0.2) is 4.11 Å². The molecule has 0 spiro atoms. The summed E-state index contributed by atoms with van der Waals surface area (Å²) in [5, 5.41) is 0. The molecule has 0 radical (unpaired) electrons. The van der Waals surface area contributed by atoms with E-state index in [0.29, 0.717) is 12.3 Å². The first-order valence-corrected chi connectivity index (χ1v) is 9.32. The first-order chi connectivity index (χ1) is 9.24. The van der Waals surface area contributed by atoms with Gasteiger partial charge in [-0.05, 0) is 41.9 Å². The molecule has 1 atom stereocenters. The van der Waals surface area contributed by atoms with Crippen LogP contribution in [0, 0.1) is 5.92 Å². The fourth-order valence-electron chi connectivity index (χ4n) is 2.73. The van der Waals surface area contributed by atoms with Gasteiger partial charge in [0.05, 0.1) is 0 Å². The maximum absolute atomic E-state index is 11.7. The summed E-state index contributed by atoms with van der Waals surface area (Å²) < 4.78 is 5.64. The molecule has 1 fully saturated rings. The standard InChI is InChI=1S/C16H29IO2/c1-2-3-4-5-6-7-8-13-15(18)19-16(17)14-11-9-10-12-14/h14,16H,2-13H2,1H3. The molecule has 1 rings (SSSR count). The number of unbranched alkanes of at least 4 members (excludes halogenated alkanes) is 6. The van der Waals surface area contributed by atoms with Crippen molar-refractivity contribution in [3.63, 3.8) is 0 Å². The zero-order valence-corrected chi connectivity index (χ0v) is 14.5. The minimum Gasteiger partial charge on any atom is -0.451 e. The van der Waals surface area contributed by atoms with Crippen molar-refractivity contribution in [2.24, 2.45) is 5.92 Å². The molecule has 0 aromatic heterocycles. The van der Waals surface area contributed by atoms with Crippen molar-refractivity contribution >= 4 is 28.6 Å². The van der Waals surface area contributed by atoms with Gasteiger partial charge >= 0.3 is 5.97 Å². The second kappa shape index (κ2) is 10.9. The maximum atomic E-state index is 11.7. The molecule has 2 nitrogen and oxygen atoms in total. The van der Waals surface area contributed by atoms with E-state index in [1.54, 1.807) is 0 Å². The van der Waals surface area contributed by atoms with Crippen molar-refractivity contribution in [3.8, 4) is 0 Å². The summed E-state index contributed by atoms with van der Waals surface area (Å²) in [6, 6.07) is 0. The van der Waals surface area contributed by atoms with E-state index in [4.69, 9.17) is 4.74 Å². The molecule has 0 amide bonds. The Kier molecular flexibility index (Phi) is 9.92. The Morgan fingerprint density at radius 2 is 1.68 bits per heavy atom. The Morgan fingerprint density at radius 3 is 2.32 bits per heavy atom. The third kappa shape index (κ3) is 8.16. The Bertz CT molecular complexity index is 237. The molecule has 1 saturated carbocycles. The Balaban J connectivity index is 1.95. The van der Waals surface area contributed by atoms with Crippen LogP contribution in [0.5, 0.6) is 0 Å². The van der Waals surface area contributed by atoms with Crippen LogP contribution in [-0.4, -0.2) is 10.1 Å². The molecule has 1 aliphatic carbocycles. The van der Waals surface area contributed by atoms with Crippen molar-refractivity contribution < 1.29 is 9.53 Å². The molecule has 1 aliphatic rings. The van der Waals surface area contributed by atoms with Gasteiger partial charge in [-0.15, -0.1) is 0 Å². The summed E-state index contributed by atoms with van der Waals surface area (Å²) in [7, 11) is 0. The molecule has 1 unspecified atom stereocenters. The summed E-state index contributed by atoms with van der Waals surface area (Å²) in [5.41, 5.74) is 0. The molecule has 3 heteroatoms. The molecule has 0 aromatic carbocycles. The number of hydrogen-bond acceptors (Lipinski definition) is 2. The smallest absolute Gasteiger partial charge is 0.306 e. The van der Waals surface area contributed by atoms with Gasteiger partial charge in [-0.25, -0.2) is 0 Å². The molecule has 0 saturated heterocycles. The lowest BCUT2D eigenvalue weighted by molar-refractivity contribution is -0.146. The normalized spacial score (nSPS) is 17.6. The molecule has 19 heavy (non-hydrogen) atoms. The number of rotatable bonds is 10. The van der Waals surface area contributed by atoms with Gasteiger partial charge in [0.25, 0.3) is 0 Å². The van der Waals surface area contributed by atoms with E-state index >= 15 is 0 Å². The van der Waals surface area contributed by atoms with E-state index in [2.05, 4.69) is 29.5 Å². The van der Waals surface area contributed by atoms with E-state index in [1.807, 2.05) is 0 Å². The van der Waals surface area contributed by atoms with Crippen molar-refractivity contribution in [2.75, 3.05) is 0 Å². The number of ether oxygens (including phenoxy) is 1. The molecular weight excluding hydrogens is 351 g/mol. The van der Waals surface area contributed by atoms with Crippen LogP contribution in [0.3, 0.4) is 0 Å². The maximum Gasteiger partial charge on any atom is 0.306 e. The highest BCUT2D eigenvalue weighted by Crippen LogP contribution is 2.32. The predicted octanol–water partition coefficient (Wildman–Crippen LogP) is 5.62. The minimum absolute atomic E-state index is 0.0138. The number of hydrogen-bond donors (Lipinski definition) is 0. The second-order valence-electron chi connectivity index (χ2n) is 5.76. The highest BCUT2D eigenvalue weighted by Gasteiger charge is 2.25. The topological polar surface area (TPSA) is 26.3 Å². The first-order valence-electron chi connectivity index (χ1n) is 8.07. The van der Waals surface area contributed by atoms with Crippen LogP contribution in [0.2, 0.25) is 0 Å². The summed E-state index contributed by atoms with van der Waals surface area (Å²) in [5.74, 6) is 0.624. The van der Waals surface area contributed by atoms with E-state index in [9.17, 15) is 4.79 Å². The van der Waals surface area contributed by atoms with Crippen LogP contribution in [0.25, 0.3) is 0 Å². The van der Waals surface area contributed by atoms with E-state index in [-0.39, 0.29) is 10.1 Å². The van der Waals surface area contributed by atoms with Crippen LogP contribution in [0.4, 0.5) is 0 Å². The monoisotopic (exact) mass is 380 g/mol. The summed E-state index contributed by atoms with van der Waals surface area (Å²) >= 11 is 2.30. The number of esters is 1. The molecule has 0 heterocycles. The SMILES string of the molecule is CCCCCCCCCC(=O)OC(I)C1CCCC1. The molecule has 112 valence electrons. The lowest BCUT2D eigenvalue weighted by Gasteiger charge is -2.17. The lowest BCUT2D eigenvalue weighted by Crippen LogP contribution is -2.19. The van der Waals surface area contributed by atoms with Crippen LogP contribution in [-0.2, 0) is 9.53 Å². The number of carbonyl (C=O) groups excluding carboxylic acids is 1. The van der Waals surface area contributed by atoms with Crippen LogP contribution < -0.4 is 0 Å². The van der Waals surface area contributed by atoms with Crippen LogP contribution in [0.15, 0.2) is 0 Å². The second-order valence-corrected chi connectivity index (χ2v) is 6.98. The van der Waals surface area contributed by atoms with Gasteiger partial charge in [0.2, 0.25) is 0 Å². The van der Waals surface area contributed by atoms with Crippen molar-refractivity contribution in [1.82, 2.24) is 0 Å². The van der Waals surface area contributed by atoms with Crippen LogP contribution >= 0.6 is 22.6 Å². The highest BCUT2D eigenvalue weighted by atomic mass is 127. The number of alkyl halides is 1. The van der Waals surface area contributed by atoms with Gasteiger partial charge in [0, 0.05) is 12.3 Å². The summed E-state index contributed by atoms with van der Waals surface area (Å²) in [4.78, 5) is 11.7. The van der Waals surface area contributed by atoms with Crippen molar-refractivity contribution in [1.29, 1.82) is 0 Å². The quantitative estimate of drug-likeness (QED) is 0.213. The first kappa shape index (κ1) is 17.3. The average molecular weight is 380 g/mol. The zero-order chi connectivity index (χ0) is 13.9. The molecule has 0 bridgehead atoms. The Morgan fingerprint density at radius 1 is 1.11 bits per heavy atom. The highest BCUT2D eigenvalue weighted by molar-refractivity contribution is 14.1. The average Bonchev–Trinajstić information content (AvgIpc) is 2.91. The molecular formula is C16H29IO2. The van der Waals surface area contributed by atoms with Crippen molar-refractivity contribution in [2.45, 2.75) is 88.1 Å². The summed E-state index contributed by atoms with van der Waals surface area (Å²) in [6.07, 6.45) is 14.4. The van der Waals surface area contributed by atoms with E-state index in [1.165, 1.54) is 64.2 Å². The van der Waals surface area contributed by atoms with Crippen molar-refractivity contribution in [3.05, 3.63) is 0 Å². The Labute approximate surface area is 132 Å². The molecule has 0 aliphatic heterocycles. The Hall–Kier alpha value is 0.200. The number of halogens is 1. The van der Waals surface area contributed by atoms with E-state index < -0.39 is 0 Å². The predicted molar refractivity (Wildman–Crippen MR) is 88.5 cm³/mol. The minimum atomic E-state index is 0.0138. The van der Waals surface area contributed by atoms with Crippen LogP contribution in [0.1, 0.15) is 84.0 Å². The third-order valence-corrected chi connectivity index (χ3v) is 5.27. The number of carbonyl (C=O) groups is 1. The van der Waals surface area contributed by atoms with E-state index in [0.717, 1.165) is 6.42 Å². The molecule has 0 aromatic rings. The summed E-state index contributed by atoms with van der Waals surface area (Å²) in [6.45, 7) is 2.24. The fourth-order valence-corrected chi connectivity index (χ4v) is 3.73. The van der Waals surface area contributed by atoms with Gasteiger partial charge in [0.1, 0.15) is 0 Å². The third-order valence-electron chi connectivity index (χ3n) is 4.00. The fraction of sp³-hybridized carbons (Fsp3) is 0.938. The lowest BCUT2D eigenvalue weighted by atomic mass is 10.1. The zero-order valence-electron chi connectivity index (χ0n) is 12.3.